The number of rotatable bonds is 7. The van der Waals surface area contributed by atoms with E-state index in [0.717, 1.165) is 18.4 Å². The largest absolute Gasteiger partial charge is 0.224 e. The molecule has 0 amide bonds. The van der Waals surface area contributed by atoms with Crippen LogP contribution in [0.15, 0.2) is 41.8 Å². The Labute approximate surface area is 111 Å². The molecule has 1 atom stereocenters. The Bertz CT molecular complexity index is 489. The van der Waals surface area contributed by atoms with E-state index in [4.69, 9.17) is 0 Å². The normalized spacial score (nSPS) is 13.2. The van der Waals surface area contributed by atoms with Crippen LogP contribution in [0.1, 0.15) is 44.6 Å². The van der Waals surface area contributed by atoms with Crippen LogP contribution in [-0.4, -0.2) is 14.2 Å². The zero-order chi connectivity index (χ0) is 13.6. The van der Waals surface area contributed by atoms with Gasteiger partial charge in [0.15, 0.2) is 9.84 Å². The molecule has 1 aromatic carbocycles. The first kappa shape index (κ1) is 15.0. The van der Waals surface area contributed by atoms with Crippen molar-refractivity contribution in [2.45, 2.75) is 43.9 Å². The van der Waals surface area contributed by atoms with Crippen molar-refractivity contribution < 1.29 is 8.42 Å². The third-order valence-corrected chi connectivity index (χ3v) is 5.02. The molecule has 0 spiro atoms. The standard InChI is InChI=1S/C15H22O2S/c1-4-8-13(6-3)14-9-7-10-15(12-14)18(16,17)11-5-2/h4,7,9-10,12-13H,1,5-6,8,11H2,2-3H3. The lowest BCUT2D eigenvalue weighted by molar-refractivity contribution is 0.594. The summed E-state index contributed by atoms with van der Waals surface area (Å²) in [5.74, 6) is 0.577. The quantitative estimate of drug-likeness (QED) is 0.700. The average Bonchev–Trinajstić information content (AvgIpc) is 2.36. The molecular formula is C15H22O2S. The number of benzene rings is 1. The highest BCUT2D eigenvalue weighted by Crippen LogP contribution is 2.26. The summed E-state index contributed by atoms with van der Waals surface area (Å²) < 4.78 is 24.1. The number of hydrogen-bond acceptors (Lipinski definition) is 2. The van der Waals surface area contributed by atoms with Crippen LogP contribution in [0, 0.1) is 0 Å². The molecule has 0 saturated carbocycles. The molecule has 0 heterocycles. The fraction of sp³-hybridized carbons (Fsp3) is 0.467. The van der Waals surface area contributed by atoms with E-state index >= 15 is 0 Å². The van der Waals surface area contributed by atoms with Crippen molar-refractivity contribution in [3.8, 4) is 0 Å². The summed E-state index contributed by atoms with van der Waals surface area (Å²) in [6.07, 6.45) is 4.41. The number of allylic oxidation sites excluding steroid dienone is 1. The second kappa shape index (κ2) is 6.74. The lowest BCUT2D eigenvalue weighted by Gasteiger charge is -2.14. The smallest absolute Gasteiger partial charge is 0.178 e. The van der Waals surface area contributed by atoms with Crippen LogP contribution in [0.25, 0.3) is 0 Å². The van der Waals surface area contributed by atoms with Gasteiger partial charge in [0, 0.05) is 0 Å². The first-order chi connectivity index (χ1) is 8.55. The van der Waals surface area contributed by atoms with Gasteiger partial charge in [0.1, 0.15) is 0 Å². The van der Waals surface area contributed by atoms with Crippen LogP contribution in [0.2, 0.25) is 0 Å². The molecule has 0 aliphatic carbocycles. The maximum absolute atomic E-state index is 12.0. The molecule has 100 valence electrons. The Morgan fingerprint density at radius 1 is 1.33 bits per heavy atom. The summed E-state index contributed by atoms with van der Waals surface area (Å²) >= 11 is 0. The monoisotopic (exact) mass is 266 g/mol. The van der Waals surface area contributed by atoms with Crippen molar-refractivity contribution in [2.75, 3.05) is 5.75 Å². The maximum atomic E-state index is 12.0. The van der Waals surface area contributed by atoms with Gasteiger partial charge in [-0.2, -0.15) is 0 Å². The summed E-state index contributed by atoms with van der Waals surface area (Å²) in [4.78, 5) is 0.448. The van der Waals surface area contributed by atoms with Crippen LogP contribution >= 0.6 is 0 Å². The Hall–Kier alpha value is -1.09. The summed E-state index contributed by atoms with van der Waals surface area (Å²) in [5.41, 5.74) is 1.09. The van der Waals surface area contributed by atoms with E-state index in [9.17, 15) is 8.42 Å². The number of hydrogen-bond donors (Lipinski definition) is 0. The van der Waals surface area contributed by atoms with E-state index in [1.165, 1.54) is 0 Å². The van der Waals surface area contributed by atoms with Crippen LogP contribution in [0.3, 0.4) is 0 Å². The van der Waals surface area contributed by atoms with Crippen molar-refractivity contribution in [1.29, 1.82) is 0 Å². The van der Waals surface area contributed by atoms with Crippen LogP contribution in [0.5, 0.6) is 0 Å². The summed E-state index contributed by atoms with van der Waals surface area (Å²) in [6.45, 7) is 7.75. The second-order valence-corrected chi connectivity index (χ2v) is 6.63. The van der Waals surface area contributed by atoms with E-state index in [-0.39, 0.29) is 5.75 Å². The molecule has 18 heavy (non-hydrogen) atoms. The first-order valence-corrected chi connectivity index (χ1v) is 8.14. The minimum absolute atomic E-state index is 0.217. The van der Waals surface area contributed by atoms with Crippen molar-refractivity contribution in [3.63, 3.8) is 0 Å². The molecule has 1 rings (SSSR count). The van der Waals surface area contributed by atoms with Gasteiger partial charge in [-0.15, -0.1) is 6.58 Å². The Morgan fingerprint density at radius 2 is 2.06 bits per heavy atom. The summed E-state index contributed by atoms with van der Waals surface area (Å²) in [7, 11) is -3.12. The number of sulfone groups is 1. The van der Waals surface area contributed by atoms with Crippen LogP contribution in [-0.2, 0) is 9.84 Å². The molecule has 1 unspecified atom stereocenters. The Balaban J connectivity index is 3.09. The second-order valence-electron chi connectivity index (χ2n) is 4.52. The fourth-order valence-corrected chi connectivity index (χ4v) is 3.46. The third-order valence-electron chi connectivity index (χ3n) is 3.11. The molecule has 0 N–H and O–H groups in total. The minimum Gasteiger partial charge on any atom is -0.224 e. The highest BCUT2D eigenvalue weighted by atomic mass is 32.2. The predicted octanol–water partition coefficient (Wildman–Crippen LogP) is 3.94. The summed E-state index contributed by atoms with van der Waals surface area (Å²) in [5, 5.41) is 0. The first-order valence-electron chi connectivity index (χ1n) is 6.48. The Kier molecular flexibility index (Phi) is 5.60. The molecule has 0 radical (unpaired) electrons. The van der Waals surface area contributed by atoms with Gasteiger partial charge in [0.2, 0.25) is 0 Å². The SMILES string of the molecule is C=CCC(CC)c1cccc(S(=O)(=O)CCC)c1. The fourth-order valence-electron chi connectivity index (χ4n) is 2.09. The van der Waals surface area contributed by atoms with Gasteiger partial charge in [-0.25, -0.2) is 8.42 Å². The van der Waals surface area contributed by atoms with Gasteiger partial charge in [-0.05, 0) is 42.9 Å². The molecule has 0 aliphatic rings. The molecule has 2 nitrogen and oxygen atoms in total. The van der Waals surface area contributed by atoms with E-state index in [2.05, 4.69) is 13.5 Å². The molecule has 0 fully saturated rings. The lowest BCUT2D eigenvalue weighted by Crippen LogP contribution is -2.07. The lowest BCUT2D eigenvalue weighted by atomic mass is 9.93. The van der Waals surface area contributed by atoms with Gasteiger partial charge in [-0.1, -0.05) is 32.1 Å². The highest BCUT2D eigenvalue weighted by molar-refractivity contribution is 7.91. The van der Waals surface area contributed by atoms with E-state index in [1.807, 2.05) is 31.2 Å². The maximum Gasteiger partial charge on any atom is 0.178 e. The Morgan fingerprint density at radius 3 is 2.61 bits per heavy atom. The van der Waals surface area contributed by atoms with Gasteiger partial charge in [0.05, 0.1) is 10.6 Å². The average molecular weight is 266 g/mol. The van der Waals surface area contributed by atoms with Crippen LogP contribution in [0.4, 0.5) is 0 Å². The van der Waals surface area contributed by atoms with Crippen molar-refractivity contribution in [2.24, 2.45) is 0 Å². The molecule has 1 aromatic rings. The third kappa shape index (κ3) is 3.70. The van der Waals surface area contributed by atoms with Gasteiger partial charge >= 0.3 is 0 Å². The van der Waals surface area contributed by atoms with Gasteiger partial charge in [0.25, 0.3) is 0 Å². The van der Waals surface area contributed by atoms with Crippen molar-refractivity contribution >= 4 is 9.84 Å². The van der Waals surface area contributed by atoms with E-state index < -0.39 is 9.84 Å². The van der Waals surface area contributed by atoms with Crippen LogP contribution < -0.4 is 0 Å². The zero-order valence-electron chi connectivity index (χ0n) is 11.2. The molecule has 0 aliphatic heterocycles. The zero-order valence-corrected chi connectivity index (χ0v) is 12.0. The van der Waals surface area contributed by atoms with Crippen molar-refractivity contribution in [1.82, 2.24) is 0 Å². The minimum atomic E-state index is -3.12. The van der Waals surface area contributed by atoms with Crippen molar-refractivity contribution in [3.05, 3.63) is 42.5 Å². The molecular weight excluding hydrogens is 244 g/mol. The van der Waals surface area contributed by atoms with Gasteiger partial charge in [-0.3, -0.25) is 0 Å². The summed E-state index contributed by atoms with van der Waals surface area (Å²) in [6, 6.07) is 7.35. The van der Waals surface area contributed by atoms with E-state index in [0.29, 0.717) is 17.2 Å². The topological polar surface area (TPSA) is 34.1 Å². The molecule has 0 aromatic heterocycles. The molecule has 0 saturated heterocycles. The van der Waals surface area contributed by atoms with E-state index in [1.54, 1.807) is 6.07 Å². The highest BCUT2D eigenvalue weighted by Gasteiger charge is 2.15. The molecule has 0 bridgehead atoms. The van der Waals surface area contributed by atoms with Gasteiger partial charge < -0.3 is 0 Å². The predicted molar refractivity (Wildman–Crippen MR) is 76.6 cm³/mol. The molecule has 3 heteroatoms.